The summed E-state index contributed by atoms with van der Waals surface area (Å²) in [4.78, 5) is 32.0. The van der Waals surface area contributed by atoms with Gasteiger partial charge in [0.25, 0.3) is 5.91 Å². The number of carbonyl (C=O) groups is 2. The van der Waals surface area contributed by atoms with Crippen molar-refractivity contribution in [1.82, 2.24) is 39.5 Å². The van der Waals surface area contributed by atoms with Crippen LogP contribution in [0.3, 0.4) is 0 Å². The molecule has 2 aliphatic heterocycles. The molecule has 2 aliphatic rings. The van der Waals surface area contributed by atoms with Gasteiger partial charge in [0, 0.05) is 62.2 Å². The highest BCUT2D eigenvalue weighted by molar-refractivity contribution is 6.03. The second kappa shape index (κ2) is 11.1. The predicted molar refractivity (Wildman–Crippen MR) is 158 cm³/mol. The van der Waals surface area contributed by atoms with Crippen molar-refractivity contribution in [1.29, 1.82) is 0 Å². The highest BCUT2D eigenvalue weighted by Crippen LogP contribution is 2.37. The van der Waals surface area contributed by atoms with Gasteiger partial charge in [-0.25, -0.2) is 4.79 Å². The summed E-state index contributed by atoms with van der Waals surface area (Å²) in [5.74, 6) is 1.000. The monoisotopic (exact) mass is 568 g/mol. The van der Waals surface area contributed by atoms with Crippen LogP contribution in [-0.2, 0) is 11.3 Å². The molecule has 4 aromatic rings. The molecule has 6 rings (SSSR count). The molecule has 2 amide bonds. The lowest BCUT2D eigenvalue weighted by Gasteiger charge is -2.35. The summed E-state index contributed by atoms with van der Waals surface area (Å²) >= 11 is 0. The Morgan fingerprint density at radius 2 is 1.64 bits per heavy atom. The second-order valence-corrected chi connectivity index (χ2v) is 11.9. The summed E-state index contributed by atoms with van der Waals surface area (Å²) in [5, 5.41) is 16.8. The summed E-state index contributed by atoms with van der Waals surface area (Å²) in [6.45, 7) is 12.4. The number of pyridine rings is 1. The molecule has 1 fully saturated rings. The van der Waals surface area contributed by atoms with Crippen LogP contribution in [0.25, 0.3) is 28.2 Å². The fourth-order valence-corrected chi connectivity index (χ4v) is 5.70. The number of hydrogen-bond acceptors (Lipinski definition) is 8. The maximum atomic E-state index is 13.5. The third-order valence-electron chi connectivity index (χ3n) is 7.72. The van der Waals surface area contributed by atoms with Gasteiger partial charge >= 0.3 is 6.09 Å². The third kappa shape index (κ3) is 5.56. The summed E-state index contributed by atoms with van der Waals surface area (Å²) in [5.41, 5.74) is 5.08. The van der Waals surface area contributed by atoms with E-state index in [1.807, 2.05) is 56.1 Å². The first-order valence-corrected chi connectivity index (χ1v) is 14.4. The fraction of sp³-hybridized carbons (Fsp3) is 0.419. The van der Waals surface area contributed by atoms with E-state index in [2.05, 4.69) is 47.9 Å². The highest BCUT2D eigenvalue weighted by Gasteiger charge is 2.32. The van der Waals surface area contributed by atoms with Crippen molar-refractivity contribution in [2.45, 2.75) is 46.3 Å². The summed E-state index contributed by atoms with van der Waals surface area (Å²) < 4.78 is 7.56. The molecule has 0 aliphatic carbocycles. The first-order valence-electron chi connectivity index (χ1n) is 14.4. The van der Waals surface area contributed by atoms with Gasteiger partial charge in [0.1, 0.15) is 5.60 Å². The Kier molecular flexibility index (Phi) is 7.36. The van der Waals surface area contributed by atoms with Crippen LogP contribution in [0.15, 0.2) is 48.7 Å². The Morgan fingerprint density at radius 1 is 0.929 bits per heavy atom. The van der Waals surface area contributed by atoms with Crippen LogP contribution >= 0.6 is 0 Å². The largest absolute Gasteiger partial charge is 0.444 e. The smallest absolute Gasteiger partial charge is 0.410 e. The number of piperazine rings is 1. The zero-order valence-electron chi connectivity index (χ0n) is 24.6. The molecular weight excluding hydrogens is 532 g/mol. The Morgan fingerprint density at radius 3 is 2.33 bits per heavy atom. The molecule has 0 radical (unpaired) electrons. The maximum absolute atomic E-state index is 13.5. The van der Waals surface area contributed by atoms with E-state index in [0.717, 1.165) is 59.5 Å². The molecule has 0 spiro atoms. The van der Waals surface area contributed by atoms with Crippen molar-refractivity contribution in [2.24, 2.45) is 0 Å². The number of aromatic nitrogens is 5. The first-order chi connectivity index (χ1) is 20.2. The molecule has 1 aromatic carbocycles. The van der Waals surface area contributed by atoms with Crippen molar-refractivity contribution in [3.05, 3.63) is 65.6 Å². The number of amides is 2. The third-order valence-corrected chi connectivity index (χ3v) is 7.72. The van der Waals surface area contributed by atoms with Gasteiger partial charge in [-0.15, -0.1) is 20.4 Å². The van der Waals surface area contributed by atoms with E-state index in [1.165, 1.54) is 0 Å². The molecule has 11 heteroatoms. The molecule has 1 saturated heterocycles. The summed E-state index contributed by atoms with van der Waals surface area (Å²) in [6, 6.07) is 14.1. The SMILES string of the molecule is Cc1nnc(-c2cc(-c3ccccc3)c3c4c(ccn23)C(=O)N(CCCN2CCN(C(=O)OC(C)(C)C)CC2)C4)nn1. The zero-order valence-corrected chi connectivity index (χ0v) is 24.6. The number of hydrogen-bond donors (Lipinski definition) is 0. The van der Waals surface area contributed by atoms with Gasteiger partial charge in [0.15, 0.2) is 5.82 Å². The van der Waals surface area contributed by atoms with Crippen molar-refractivity contribution < 1.29 is 14.3 Å². The first kappa shape index (κ1) is 27.8. The van der Waals surface area contributed by atoms with Crippen LogP contribution in [-0.4, -0.2) is 96.4 Å². The highest BCUT2D eigenvalue weighted by atomic mass is 16.6. The van der Waals surface area contributed by atoms with Gasteiger partial charge in [0.05, 0.1) is 11.2 Å². The number of fused-ring (bicyclic) bond motifs is 3. The van der Waals surface area contributed by atoms with Crippen molar-refractivity contribution in [2.75, 3.05) is 39.3 Å². The lowest BCUT2D eigenvalue weighted by Crippen LogP contribution is -2.50. The van der Waals surface area contributed by atoms with Crippen LogP contribution in [0.1, 0.15) is 48.9 Å². The van der Waals surface area contributed by atoms with Gasteiger partial charge in [-0.05, 0) is 58.4 Å². The summed E-state index contributed by atoms with van der Waals surface area (Å²) in [6.07, 6.45) is 2.53. The standard InChI is InChI=1S/C31H36N8O3/c1-21-32-34-28(35-33-21)26-19-24(22-9-6-5-7-10-22)27-25-20-38(29(40)23(25)11-14-39(26)27)13-8-12-36-15-17-37(18-16-36)30(41)42-31(2,3)4/h5-7,9-11,14,19H,8,12-13,15-18,20H2,1-4H3. The minimum absolute atomic E-state index is 0.0546. The molecule has 0 bridgehead atoms. The molecule has 0 unspecified atom stereocenters. The molecule has 5 heterocycles. The molecule has 0 atom stereocenters. The Balaban J connectivity index is 1.17. The van der Waals surface area contributed by atoms with Crippen molar-refractivity contribution in [3.63, 3.8) is 0 Å². The van der Waals surface area contributed by atoms with Crippen molar-refractivity contribution >= 4 is 17.5 Å². The Hall–Kier alpha value is -4.38. The van der Waals surface area contributed by atoms with E-state index in [4.69, 9.17) is 4.74 Å². The number of aryl methyl sites for hydroxylation is 1. The number of carbonyl (C=O) groups excluding carboxylic acids is 2. The van der Waals surface area contributed by atoms with Crippen molar-refractivity contribution in [3.8, 4) is 22.6 Å². The number of benzene rings is 1. The fourth-order valence-electron chi connectivity index (χ4n) is 5.70. The van der Waals surface area contributed by atoms with Crippen LogP contribution < -0.4 is 0 Å². The lowest BCUT2D eigenvalue weighted by atomic mass is 10.0. The quantitative estimate of drug-likeness (QED) is 0.343. The van der Waals surface area contributed by atoms with E-state index in [0.29, 0.717) is 37.8 Å². The predicted octanol–water partition coefficient (Wildman–Crippen LogP) is 4.06. The van der Waals surface area contributed by atoms with Crippen LogP contribution in [0, 0.1) is 6.92 Å². The molecule has 42 heavy (non-hydrogen) atoms. The summed E-state index contributed by atoms with van der Waals surface area (Å²) in [7, 11) is 0. The number of nitrogens with zero attached hydrogens (tertiary/aromatic N) is 8. The van der Waals surface area contributed by atoms with Gasteiger partial charge in [-0.3, -0.25) is 9.69 Å². The number of ether oxygens (including phenoxy) is 1. The van der Waals surface area contributed by atoms with E-state index in [-0.39, 0.29) is 12.0 Å². The van der Waals surface area contributed by atoms with E-state index >= 15 is 0 Å². The molecule has 218 valence electrons. The van der Waals surface area contributed by atoms with Crippen LogP contribution in [0.5, 0.6) is 0 Å². The van der Waals surface area contributed by atoms with Gasteiger partial charge in [-0.2, -0.15) is 0 Å². The minimum Gasteiger partial charge on any atom is -0.444 e. The lowest BCUT2D eigenvalue weighted by molar-refractivity contribution is 0.0142. The van der Waals surface area contributed by atoms with E-state index < -0.39 is 5.60 Å². The topological polar surface area (TPSA) is 109 Å². The Bertz CT molecular complexity index is 1600. The zero-order chi connectivity index (χ0) is 29.4. The van der Waals surface area contributed by atoms with Crippen LogP contribution in [0.2, 0.25) is 0 Å². The Labute approximate surface area is 245 Å². The van der Waals surface area contributed by atoms with Crippen LogP contribution in [0.4, 0.5) is 4.79 Å². The van der Waals surface area contributed by atoms with E-state index in [1.54, 1.807) is 11.8 Å². The van der Waals surface area contributed by atoms with E-state index in [9.17, 15) is 9.59 Å². The molecule has 0 saturated carbocycles. The second-order valence-electron chi connectivity index (χ2n) is 11.9. The number of rotatable bonds is 6. The molecular formula is C31H36N8O3. The molecule has 3 aromatic heterocycles. The van der Waals surface area contributed by atoms with Gasteiger partial charge in [-0.1, -0.05) is 30.3 Å². The average Bonchev–Trinajstić information content (AvgIpc) is 3.51. The normalized spacial score (nSPS) is 15.9. The average molecular weight is 569 g/mol. The molecule has 0 N–H and O–H groups in total. The molecule has 11 nitrogen and oxygen atoms in total. The van der Waals surface area contributed by atoms with Gasteiger partial charge < -0.3 is 18.9 Å². The van der Waals surface area contributed by atoms with Gasteiger partial charge in [0.2, 0.25) is 5.82 Å². The minimum atomic E-state index is -0.493. The maximum Gasteiger partial charge on any atom is 0.410 e.